The smallest absolute Gasteiger partial charge is 0.183 e. The topological polar surface area (TPSA) is 46.6 Å². The first-order chi connectivity index (χ1) is 11.2. The number of nitrogens with zero attached hydrogens (tertiary/aromatic N) is 1. The van der Waals surface area contributed by atoms with Gasteiger partial charge in [-0.25, -0.2) is 8.42 Å². The maximum absolute atomic E-state index is 13.3. The summed E-state index contributed by atoms with van der Waals surface area (Å²) in [6.07, 6.45) is 5.42. The van der Waals surface area contributed by atoms with Crippen LogP contribution in [0.1, 0.15) is 32.1 Å². The summed E-state index contributed by atoms with van der Waals surface area (Å²) >= 11 is 0. The summed E-state index contributed by atoms with van der Waals surface area (Å²) in [6, 6.07) is 9.02. The summed E-state index contributed by atoms with van der Waals surface area (Å²) in [5, 5.41) is -0.249. The molecule has 1 saturated heterocycles. The molecule has 0 radical (unpaired) electrons. The van der Waals surface area contributed by atoms with Crippen LogP contribution in [0.4, 0.5) is 0 Å². The number of hydrogen-bond acceptors (Lipinski definition) is 4. The zero-order chi connectivity index (χ0) is 15.9. The van der Waals surface area contributed by atoms with Crippen molar-refractivity contribution in [1.82, 2.24) is 4.90 Å². The number of morpholine rings is 1. The highest BCUT2D eigenvalue weighted by Crippen LogP contribution is 2.56. The number of hydrogen-bond donors (Lipinski definition) is 0. The van der Waals surface area contributed by atoms with Crippen molar-refractivity contribution in [3.8, 4) is 0 Å². The maximum Gasteiger partial charge on any atom is 0.183 e. The van der Waals surface area contributed by atoms with E-state index in [9.17, 15) is 8.42 Å². The van der Waals surface area contributed by atoms with E-state index < -0.39 is 9.84 Å². The second-order valence-corrected chi connectivity index (χ2v) is 9.25. The van der Waals surface area contributed by atoms with Crippen molar-refractivity contribution in [2.75, 3.05) is 26.3 Å². The number of fused-ring (bicyclic) bond motifs is 1. The van der Waals surface area contributed by atoms with Gasteiger partial charge in [-0.2, -0.15) is 0 Å². The molecule has 2 saturated carbocycles. The molecule has 5 heteroatoms. The highest BCUT2D eigenvalue weighted by atomic mass is 32.2. The standard InChI is InChI=1S/C18H25NO3S/c20-23(21,16-7-2-1-3-8-16)17-14-15-6-4-5-9-18(15,17)19-10-12-22-13-11-19/h1-3,7-8,15,17H,4-6,9-14H2. The quantitative estimate of drug-likeness (QED) is 0.851. The molecule has 4 nitrogen and oxygen atoms in total. The van der Waals surface area contributed by atoms with Crippen LogP contribution in [0.25, 0.3) is 0 Å². The molecule has 23 heavy (non-hydrogen) atoms. The van der Waals surface area contributed by atoms with Crippen molar-refractivity contribution in [3.63, 3.8) is 0 Å². The van der Waals surface area contributed by atoms with Crippen molar-refractivity contribution in [2.24, 2.45) is 5.92 Å². The molecule has 0 amide bonds. The molecule has 126 valence electrons. The minimum atomic E-state index is -3.26. The molecule has 0 spiro atoms. The number of sulfone groups is 1. The van der Waals surface area contributed by atoms with Gasteiger partial charge in [-0.15, -0.1) is 0 Å². The second kappa shape index (κ2) is 5.87. The molecule has 3 atom stereocenters. The predicted octanol–water partition coefficient (Wildman–Crippen LogP) is 2.49. The van der Waals surface area contributed by atoms with E-state index in [2.05, 4.69) is 4.90 Å². The molecular weight excluding hydrogens is 310 g/mol. The molecule has 0 aromatic heterocycles. The average Bonchev–Trinajstić information content (AvgIpc) is 2.57. The number of ether oxygens (including phenoxy) is 1. The van der Waals surface area contributed by atoms with Crippen molar-refractivity contribution in [3.05, 3.63) is 30.3 Å². The third kappa shape index (κ3) is 2.36. The minimum Gasteiger partial charge on any atom is -0.379 e. The zero-order valence-corrected chi connectivity index (χ0v) is 14.3. The van der Waals surface area contributed by atoms with Gasteiger partial charge < -0.3 is 4.74 Å². The predicted molar refractivity (Wildman–Crippen MR) is 89.1 cm³/mol. The molecule has 4 rings (SSSR count). The Morgan fingerprint density at radius 1 is 1.09 bits per heavy atom. The van der Waals surface area contributed by atoms with E-state index in [-0.39, 0.29) is 10.8 Å². The Hall–Kier alpha value is -0.910. The van der Waals surface area contributed by atoms with E-state index >= 15 is 0 Å². The zero-order valence-electron chi connectivity index (χ0n) is 13.5. The first-order valence-electron chi connectivity index (χ1n) is 8.77. The summed E-state index contributed by atoms with van der Waals surface area (Å²) in [5.74, 6) is 0.540. The lowest BCUT2D eigenvalue weighted by Crippen LogP contribution is -2.73. The van der Waals surface area contributed by atoms with Crippen molar-refractivity contribution >= 4 is 9.84 Å². The summed E-state index contributed by atoms with van der Waals surface area (Å²) < 4.78 is 32.0. The van der Waals surface area contributed by atoms with Crippen LogP contribution in [0.15, 0.2) is 35.2 Å². The van der Waals surface area contributed by atoms with E-state index in [4.69, 9.17) is 4.74 Å². The Bertz CT molecular complexity index is 654. The lowest BCUT2D eigenvalue weighted by molar-refractivity contribution is -0.107. The molecule has 1 aromatic carbocycles. The van der Waals surface area contributed by atoms with Crippen molar-refractivity contribution < 1.29 is 13.2 Å². The summed E-state index contributed by atoms with van der Waals surface area (Å²) in [7, 11) is -3.26. The molecule has 1 aliphatic heterocycles. The maximum atomic E-state index is 13.3. The van der Waals surface area contributed by atoms with Crippen LogP contribution in [0.3, 0.4) is 0 Å². The molecular formula is C18H25NO3S. The Morgan fingerprint density at radius 2 is 1.83 bits per heavy atom. The lowest BCUT2D eigenvalue weighted by Gasteiger charge is -2.63. The van der Waals surface area contributed by atoms with Crippen LogP contribution in [0.2, 0.25) is 0 Å². The fourth-order valence-corrected chi connectivity index (χ4v) is 7.42. The molecule has 3 aliphatic rings. The van der Waals surface area contributed by atoms with Crippen LogP contribution < -0.4 is 0 Å². The summed E-state index contributed by atoms with van der Waals surface area (Å²) in [6.45, 7) is 3.20. The Balaban J connectivity index is 1.70. The highest BCUT2D eigenvalue weighted by Gasteiger charge is 2.63. The molecule has 3 unspecified atom stereocenters. The van der Waals surface area contributed by atoms with Gasteiger partial charge >= 0.3 is 0 Å². The Morgan fingerprint density at radius 3 is 2.52 bits per heavy atom. The first kappa shape index (κ1) is 15.6. The normalized spacial score (nSPS) is 35.3. The van der Waals surface area contributed by atoms with E-state index in [1.807, 2.05) is 18.2 Å². The van der Waals surface area contributed by atoms with Gasteiger partial charge in [-0.05, 0) is 37.3 Å². The van der Waals surface area contributed by atoms with Crippen LogP contribution in [0, 0.1) is 5.92 Å². The first-order valence-corrected chi connectivity index (χ1v) is 10.3. The fourth-order valence-electron chi connectivity index (χ4n) is 5.07. The van der Waals surface area contributed by atoms with Crippen LogP contribution in [-0.2, 0) is 14.6 Å². The van der Waals surface area contributed by atoms with Gasteiger partial charge in [-0.3, -0.25) is 4.90 Å². The Kier molecular flexibility index (Phi) is 3.98. The second-order valence-electron chi connectivity index (χ2n) is 7.12. The SMILES string of the molecule is O=S(=O)(c1ccccc1)C1CC2CCCCC21N1CCOCC1. The van der Waals surface area contributed by atoms with Crippen molar-refractivity contribution in [1.29, 1.82) is 0 Å². The van der Waals surface area contributed by atoms with E-state index in [0.29, 0.717) is 10.8 Å². The number of benzene rings is 1. The summed E-state index contributed by atoms with van der Waals surface area (Å²) in [4.78, 5) is 2.94. The Labute approximate surface area is 138 Å². The average molecular weight is 335 g/mol. The van der Waals surface area contributed by atoms with Gasteiger partial charge in [-0.1, -0.05) is 31.0 Å². The third-order valence-electron chi connectivity index (χ3n) is 6.19. The molecule has 0 bridgehead atoms. The lowest BCUT2D eigenvalue weighted by atomic mass is 9.58. The van der Waals surface area contributed by atoms with Crippen molar-refractivity contribution in [2.45, 2.75) is 47.8 Å². The fraction of sp³-hybridized carbons (Fsp3) is 0.667. The molecule has 2 aliphatic carbocycles. The van der Waals surface area contributed by atoms with Gasteiger partial charge in [0.25, 0.3) is 0 Å². The minimum absolute atomic E-state index is 0.142. The van der Waals surface area contributed by atoms with E-state index in [1.165, 1.54) is 12.8 Å². The van der Waals surface area contributed by atoms with Crippen LogP contribution in [-0.4, -0.2) is 50.4 Å². The van der Waals surface area contributed by atoms with Gasteiger partial charge in [0.15, 0.2) is 9.84 Å². The van der Waals surface area contributed by atoms with Gasteiger partial charge in [0, 0.05) is 18.6 Å². The molecule has 0 N–H and O–H groups in total. The third-order valence-corrected chi connectivity index (χ3v) is 8.47. The van der Waals surface area contributed by atoms with E-state index in [0.717, 1.165) is 45.6 Å². The monoisotopic (exact) mass is 335 g/mol. The van der Waals surface area contributed by atoms with Crippen LogP contribution in [0.5, 0.6) is 0 Å². The van der Waals surface area contributed by atoms with Crippen LogP contribution >= 0.6 is 0 Å². The van der Waals surface area contributed by atoms with E-state index in [1.54, 1.807) is 12.1 Å². The largest absolute Gasteiger partial charge is 0.379 e. The summed E-state index contributed by atoms with van der Waals surface area (Å²) in [5.41, 5.74) is -0.142. The highest BCUT2D eigenvalue weighted by molar-refractivity contribution is 7.92. The number of rotatable bonds is 3. The van der Waals surface area contributed by atoms with Gasteiger partial charge in [0.2, 0.25) is 0 Å². The molecule has 3 fully saturated rings. The van der Waals surface area contributed by atoms with Gasteiger partial charge in [0.1, 0.15) is 0 Å². The molecule has 1 aromatic rings. The molecule has 1 heterocycles. The van der Waals surface area contributed by atoms with Gasteiger partial charge in [0.05, 0.1) is 23.4 Å².